The summed E-state index contributed by atoms with van der Waals surface area (Å²) >= 11 is 5.90. The fraction of sp³-hybridized carbons (Fsp3) is 0.158. The van der Waals surface area contributed by atoms with E-state index in [0.717, 1.165) is 11.3 Å². The van der Waals surface area contributed by atoms with Gasteiger partial charge in [-0.25, -0.2) is 14.6 Å². The third kappa shape index (κ3) is 4.82. The van der Waals surface area contributed by atoms with Gasteiger partial charge in [-0.2, -0.15) is 10.1 Å². The maximum atomic E-state index is 12.1. The second-order valence-corrected chi connectivity index (χ2v) is 6.57. The van der Waals surface area contributed by atoms with Crippen LogP contribution < -0.4 is 5.32 Å². The van der Waals surface area contributed by atoms with Gasteiger partial charge in [-0.15, -0.1) is 0 Å². The van der Waals surface area contributed by atoms with Crippen molar-refractivity contribution in [2.75, 3.05) is 0 Å². The van der Waals surface area contributed by atoms with Crippen molar-refractivity contribution in [1.82, 2.24) is 35.2 Å². The fourth-order valence-corrected chi connectivity index (χ4v) is 2.68. The van der Waals surface area contributed by atoms with Gasteiger partial charge in [-0.05, 0) is 30.3 Å². The number of benzene rings is 1. The second kappa shape index (κ2) is 8.61. The molecule has 0 radical (unpaired) electrons. The van der Waals surface area contributed by atoms with Crippen molar-refractivity contribution in [1.29, 1.82) is 0 Å². The SMILES string of the molecule is O=C(CCc1nc(-c2ncccn2)no1)NCc1cnn(-c2ccc(Cl)cc2)c1. The topological polar surface area (TPSA) is 112 Å². The molecular weight excluding hydrogens is 394 g/mol. The molecule has 3 aromatic heterocycles. The highest BCUT2D eigenvalue weighted by molar-refractivity contribution is 6.30. The molecule has 4 aromatic rings. The molecule has 0 aliphatic rings. The number of amides is 1. The number of nitrogens with zero attached hydrogens (tertiary/aromatic N) is 6. The van der Waals surface area contributed by atoms with Crippen molar-refractivity contribution in [3.8, 4) is 17.3 Å². The van der Waals surface area contributed by atoms with E-state index in [9.17, 15) is 4.79 Å². The number of aromatic nitrogens is 6. The summed E-state index contributed by atoms with van der Waals surface area (Å²) in [6.45, 7) is 0.374. The molecule has 146 valence electrons. The summed E-state index contributed by atoms with van der Waals surface area (Å²) in [5, 5.41) is 11.6. The average Bonchev–Trinajstić information content (AvgIpc) is 3.42. The molecule has 0 fully saturated rings. The Kier molecular flexibility index (Phi) is 5.57. The van der Waals surface area contributed by atoms with Gasteiger partial charge in [0, 0.05) is 48.6 Å². The molecule has 0 saturated carbocycles. The summed E-state index contributed by atoms with van der Waals surface area (Å²) in [6, 6.07) is 9.04. The Bertz CT molecular complexity index is 1090. The van der Waals surface area contributed by atoms with E-state index in [-0.39, 0.29) is 12.3 Å². The van der Waals surface area contributed by atoms with Gasteiger partial charge < -0.3 is 9.84 Å². The van der Waals surface area contributed by atoms with E-state index in [1.54, 1.807) is 41.5 Å². The lowest BCUT2D eigenvalue weighted by atomic mass is 10.3. The Morgan fingerprint density at radius 1 is 1.14 bits per heavy atom. The Balaban J connectivity index is 1.27. The number of hydrogen-bond acceptors (Lipinski definition) is 7. The molecule has 10 heteroatoms. The zero-order valence-electron chi connectivity index (χ0n) is 15.2. The highest BCUT2D eigenvalue weighted by Crippen LogP contribution is 2.13. The van der Waals surface area contributed by atoms with Crippen LogP contribution in [0.2, 0.25) is 5.02 Å². The lowest BCUT2D eigenvalue weighted by Gasteiger charge is -2.02. The zero-order valence-corrected chi connectivity index (χ0v) is 16.0. The van der Waals surface area contributed by atoms with Crippen molar-refractivity contribution in [2.45, 2.75) is 19.4 Å². The number of nitrogens with one attached hydrogen (secondary N) is 1. The summed E-state index contributed by atoms with van der Waals surface area (Å²) in [7, 11) is 0. The Morgan fingerprint density at radius 2 is 1.93 bits per heavy atom. The molecule has 4 rings (SSSR count). The molecule has 29 heavy (non-hydrogen) atoms. The molecule has 0 unspecified atom stereocenters. The Labute approximate surface area is 170 Å². The maximum absolute atomic E-state index is 12.1. The molecule has 3 heterocycles. The molecule has 0 bridgehead atoms. The van der Waals surface area contributed by atoms with E-state index < -0.39 is 0 Å². The molecule has 1 aromatic carbocycles. The van der Waals surface area contributed by atoms with Crippen LogP contribution in [0.1, 0.15) is 17.9 Å². The maximum Gasteiger partial charge on any atom is 0.240 e. The van der Waals surface area contributed by atoms with Crippen LogP contribution in [0.4, 0.5) is 0 Å². The van der Waals surface area contributed by atoms with Crippen LogP contribution in [-0.2, 0) is 17.8 Å². The van der Waals surface area contributed by atoms with Crippen molar-refractivity contribution in [3.05, 3.63) is 71.6 Å². The first-order valence-corrected chi connectivity index (χ1v) is 9.21. The summed E-state index contributed by atoms with van der Waals surface area (Å²) < 4.78 is 6.87. The van der Waals surface area contributed by atoms with Crippen LogP contribution in [0.3, 0.4) is 0 Å². The predicted molar refractivity (Wildman–Crippen MR) is 104 cm³/mol. The summed E-state index contributed by atoms with van der Waals surface area (Å²) in [5.41, 5.74) is 1.77. The molecule has 0 spiro atoms. The number of hydrogen-bond donors (Lipinski definition) is 1. The Morgan fingerprint density at radius 3 is 2.72 bits per heavy atom. The molecule has 0 aliphatic heterocycles. The molecule has 1 amide bonds. The molecule has 0 saturated heterocycles. The van der Waals surface area contributed by atoms with Crippen LogP contribution in [0.5, 0.6) is 0 Å². The van der Waals surface area contributed by atoms with Gasteiger partial charge >= 0.3 is 0 Å². The number of carbonyl (C=O) groups excluding carboxylic acids is 1. The van der Waals surface area contributed by atoms with Crippen LogP contribution in [-0.4, -0.2) is 35.8 Å². The molecular formula is C19H16ClN7O2. The molecule has 9 nitrogen and oxygen atoms in total. The third-order valence-electron chi connectivity index (χ3n) is 4.02. The number of aryl methyl sites for hydroxylation is 1. The standard InChI is InChI=1S/C19H16ClN7O2/c20-14-2-4-15(5-3-14)27-12-13(11-24-27)10-23-16(28)6-7-17-25-19(26-29-17)18-21-8-1-9-22-18/h1-5,8-9,11-12H,6-7,10H2,(H,23,28). The minimum absolute atomic E-state index is 0.125. The van der Waals surface area contributed by atoms with E-state index in [1.807, 2.05) is 18.3 Å². The van der Waals surface area contributed by atoms with Gasteiger partial charge in [0.15, 0.2) is 0 Å². The van der Waals surface area contributed by atoms with Crippen molar-refractivity contribution >= 4 is 17.5 Å². The first-order valence-electron chi connectivity index (χ1n) is 8.83. The molecule has 0 atom stereocenters. The van der Waals surface area contributed by atoms with Crippen molar-refractivity contribution in [2.24, 2.45) is 0 Å². The average molecular weight is 410 g/mol. The summed E-state index contributed by atoms with van der Waals surface area (Å²) in [6.07, 6.45) is 7.31. The third-order valence-corrected chi connectivity index (χ3v) is 4.27. The fourth-order valence-electron chi connectivity index (χ4n) is 2.56. The van der Waals surface area contributed by atoms with Crippen LogP contribution in [0.15, 0.2) is 59.6 Å². The zero-order chi connectivity index (χ0) is 20.1. The van der Waals surface area contributed by atoms with E-state index in [0.29, 0.717) is 35.5 Å². The lowest BCUT2D eigenvalue weighted by molar-refractivity contribution is -0.121. The monoisotopic (exact) mass is 409 g/mol. The smallest absolute Gasteiger partial charge is 0.240 e. The summed E-state index contributed by atoms with van der Waals surface area (Å²) in [4.78, 5) is 24.4. The first-order chi connectivity index (χ1) is 14.2. The van der Waals surface area contributed by atoms with Crippen LogP contribution in [0.25, 0.3) is 17.3 Å². The lowest BCUT2D eigenvalue weighted by Crippen LogP contribution is -2.22. The van der Waals surface area contributed by atoms with Gasteiger partial charge in [0.1, 0.15) is 0 Å². The highest BCUT2D eigenvalue weighted by atomic mass is 35.5. The number of carbonyl (C=O) groups is 1. The van der Waals surface area contributed by atoms with E-state index in [2.05, 4.69) is 30.5 Å². The van der Waals surface area contributed by atoms with E-state index in [4.69, 9.17) is 16.1 Å². The van der Waals surface area contributed by atoms with Crippen LogP contribution in [0, 0.1) is 0 Å². The molecule has 0 aliphatic carbocycles. The van der Waals surface area contributed by atoms with Gasteiger partial charge in [-0.1, -0.05) is 16.8 Å². The quantitative estimate of drug-likeness (QED) is 0.499. The van der Waals surface area contributed by atoms with Gasteiger partial charge in [0.2, 0.25) is 23.4 Å². The highest BCUT2D eigenvalue weighted by Gasteiger charge is 2.12. The van der Waals surface area contributed by atoms with E-state index >= 15 is 0 Å². The van der Waals surface area contributed by atoms with Gasteiger partial charge in [-0.3, -0.25) is 4.79 Å². The van der Waals surface area contributed by atoms with Gasteiger partial charge in [0.25, 0.3) is 0 Å². The number of rotatable bonds is 7. The largest absolute Gasteiger partial charge is 0.352 e. The van der Waals surface area contributed by atoms with Crippen molar-refractivity contribution in [3.63, 3.8) is 0 Å². The van der Waals surface area contributed by atoms with Crippen LogP contribution >= 0.6 is 11.6 Å². The normalized spacial score (nSPS) is 10.8. The van der Waals surface area contributed by atoms with Gasteiger partial charge in [0.05, 0.1) is 11.9 Å². The minimum atomic E-state index is -0.125. The summed E-state index contributed by atoms with van der Waals surface area (Å²) in [5.74, 6) is 0.915. The first kappa shape index (κ1) is 18.8. The Hall–Kier alpha value is -3.59. The second-order valence-electron chi connectivity index (χ2n) is 6.13. The number of halogens is 1. The minimum Gasteiger partial charge on any atom is -0.352 e. The predicted octanol–water partition coefficient (Wildman–Crippen LogP) is 2.61. The van der Waals surface area contributed by atoms with Crippen molar-refractivity contribution < 1.29 is 9.32 Å². The molecule has 1 N–H and O–H groups in total. The van der Waals surface area contributed by atoms with E-state index in [1.165, 1.54) is 0 Å².